The van der Waals surface area contributed by atoms with Gasteiger partial charge in [0.2, 0.25) is 0 Å². The van der Waals surface area contributed by atoms with Gasteiger partial charge >= 0.3 is 0 Å². The molecule has 15 heavy (non-hydrogen) atoms. The van der Waals surface area contributed by atoms with Gasteiger partial charge in [-0.15, -0.1) is 0 Å². The lowest BCUT2D eigenvalue weighted by Gasteiger charge is -2.30. The predicted molar refractivity (Wildman–Crippen MR) is 69.0 cm³/mol. The van der Waals surface area contributed by atoms with Gasteiger partial charge in [-0.3, -0.25) is 0 Å². The fourth-order valence-electron chi connectivity index (χ4n) is 3.27. The zero-order valence-corrected chi connectivity index (χ0v) is 11.3. The third-order valence-electron chi connectivity index (χ3n) is 4.48. The lowest BCUT2D eigenvalue weighted by atomic mass is 9.76. The van der Waals surface area contributed by atoms with Gasteiger partial charge in [0, 0.05) is 0 Å². The number of rotatable bonds is 4. The first kappa shape index (κ1) is 13.1. The molecule has 0 aliphatic heterocycles. The SMILES string of the molecule is CCC(C)CC1CCCCCC1C(C)C. The van der Waals surface area contributed by atoms with Crippen molar-refractivity contribution in [3.63, 3.8) is 0 Å². The topological polar surface area (TPSA) is 0 Å². The molecule has 0 aromatic rings. The Morgan fingerprint density at radius 2 is 1.67 bits per heavy atom. The molecule has 0 radical (unpaired) electrons. The predicted octanol–water partition coefficient (Wildman–Crippen LogP) is 5.28. The van der Waals surface area contributed by atoms with Crippen molar-refractivity contribution in [2.75, 3.05) is 0 Å². The highest BCUT2D eigenvalue weighted by Gasteiger charge is 2.26. The van der Waals surface area contributed by atoms with E-state index in [1.807, 2.05) is 0 Å². The summed E-state index contributed by atoms with van der Waals surface area (Å²) >= 11 is 0. The van der Waals surface area contributed by atoms with Crippen LogP contribution in [0.3, 0.4) is 0 Å². The second kappa shape index (κ2) is 6.55. The van der Waals surface area contributed by atoms with Gasteiger partial charge in [0.25, 0.3) is 0 Å². The number of hydrogen-bond acceptors (Lipinski definition) is 0. The maximum absolute atomic E-state index is 2.43. The molecule has 1 aliphatic carbocycles. The lowest BCUT2D eigenvalue weighted by molar-refractivity contribution is 0.201. The minimum absolute atomic E-state index is 0.900. The summed E-state index contributed by atoms with van der Waals surface area (Å²) in [7, 11) is 0. The van der Waals surface area contributed by atoms with Gasteiger partial charge in [0.05, 0.1) is 0 Å². The van der Waals surface area contributed by atoms with Gasteiger partial charge in [0.1, 0.15) is 0 Å². The molecule has 0 nitrogen and oxygen atoms in total. The van der Waals surface area contributed by atoms with Crippen LogP contribution in [-0.4, -0.2) is 0 Å². The van der Waals surface area contributed by atoms with E-state index in [0.29, 0.717) is 0 Å². The maximum atomic E-state index is 2.43. The highest BCUT2D eigenvalue weighted by atomic mass is 14.3. The second-order valence-electron chi connectivity index (χ2n) is 6.06. The molecular formula is C15H30. The van der Waals surface area contributed by atoms with Gasteiger partial charge in [-0.2, -0.15) is 0 Å². The fourth-order valence-corrected chi connectivity index (χ4v) is 3.27. The third-order valence-corrected chi connectivity index (χ3v) is 4.48. The largest absolute Gasteiger partial charge is 0.0651 e. The second-order valence-corrected chi connectivity index (χ2v) is 6.06. The summed E-state index contributed by atoms with van der Waals surface area (Å²) in [6, 6.07) is 0. The van der Waals surface area contributed by atoms with Crippen LogP contribution in [-0.2, 0) is 0 Å². The normalized spacial score (nSPS) is 30.2. The van der Waals surface area contributed by atoms with Crippen molar-refractivity contribution in [2.24, 2.45) is 23.7 Å². The monoisotopic (exact) mass is 210 g/mol. The van der Waals surface area contributed by atoms with Crippen LogP contribution in [0, 0.1) is 23.7 Å². The van der Waals surface area contributed by atoms with Crippen LogP contribution in [0.15, 0.2) is 0 Å². The molecule has 0 saturated heterocycles. The van der Waals surface area contributed by atoms with E-state index >= 15 is 0 Å². The van der Waals surface area contributed by atoms with Crippen molar-refractivity contribution in [1.29, 1.82) is 0 Å². The Morgan fingerprint density at radius 1 is 1.00 bits per heavy atom. The summed E-state index contributed by atoms with van der Waals surface area (Å²) in [5, 5.41) is 0. The van der Waals surface area contributed by atoms with Crippen LogP contribution in [0.25, 0.3) is 0 Å². The third kappa shape index (κ3) is 4.17. The summed E-state index contributed by atoms with van der Waals surface area (Å²) < 4.78 is 0. The molecule has 0 heterocycles. The average Bonchev–Trinajstić information content (AvgIpc) is 2.43. The molecule has 0 bridgehead atoms. The van der Waals surface area contributed by atoms with Gasteiger partial charge in [-0.05, 0) is 36.5 Å². The van der Waals surface area contributed by atoms with Gasteiger partial charge in [-0.1, -0.05) is 59.8 Å². The van der Waals surface area contributed by atoms with Gasteiger partial charge in [0.15, 0.2) is 0 Å². The molecule has 3 atom stereocenters. The van der Waals surface area contributed by atoms with Crippen LogP contribution < -0.4 is 0 Å². The van der Waals surface area contributed by atoms with Gasteiger partial charge < -0.3 is 0 Å². The first-order valence-corrected chi connectivity index (χ1v) is 7.15. The Hall–Kier alpha value is 0. The Morgan fingerprint density at radius 3 is 2.27 bits per heavy atom. The Balaban J connectivity index is 2.53. The fraction of sp³-hybridized carbons (Fsp3) is 1.00. The van der Waals surface area contributed by atoms with Crippen molar-refractivity contribution in [3.8, 4) is 0 Å². The average molecular weight is 210 g/mol. The molecule has 1 aliphatic rings. The van der Waals surface area contributed by atoms with Crippen LogP contribution in [0.4, 0.5) is 0 Å². The summed E-state index contributed by atoms with van der Waals surface area (Å²) in [5.41, 5.74) is 0. The highest BCUT2D eigenvalue weighted by molar-refractivity contribution is 4.77. The molecule has 1 rings (SSSR count). The molecule has 3 unspecified atom stereocenters. The quantitative estimate of drug-likeness (QED) is 0.554. The zero-order valence-electron chi connectivity index (χ0n) is 11.3. The molecule has 0 aromatic heterocycles. The van der Waals surface area contributed by atoms with E-state index in [4.69, 9.17) is 0 Å². The summed E-state index contributed by atoms with van der Waals surface area (Å²) in [5.74, 6) is 3.88. The van der Waals surface area contributed by atoms with Crippen molar-refractivity contribution < 1.29 is 0 Å². The smallest absolute Gasteiger partial charge is 0.0363 e. The number of hydrogen-bond donors (Lipinski definition) is 0. The lowest BCUT2D eigenvalue weighted by Crippen LogP contribution is -2.21. The van der Waals surface area contributed by atoms with Crippen molar-refractivity contribution in [1.82, 2.24) is 0 Å². The summed E-state index contributed by atoms with van der Waals surface area (Å²) in [4.78, 5) is 0. The van der Waals surface area contributed by atoms with Crippen LogP contribution in [0.1, 0.15) is 72.6 Å². The summed E-state index contributed by atoms with van der Waals surface area (Å²) in [6.45, 7) is 9.63. The first-order valence-electron chi connectivity index (χ1n) is 7.15. The first-order chi connectivity index (χ1) is 7.15. The zero-order chi connectivity index (χ0) is 11.3. The Kier molecular flexibility index (Phi) is 5.71. The van der Waals surface area contributed by atoms with Crippen LogP contribution in [0.5, 0.6) is 0 Å². The minimum atomic E-state index is 0.900. The highest BCUT2D eigenvalue weighted by Crippen LogP contribution is 2.37. The van der Waals surface area contributed by atoms with Crippen LogP contribution >= 0.6 is 0 Å². The van der Waals surface area contributed by atoms with E-state index in [1.165, 1.54) is 44.9 Å². The van der Waals surface area contributed by atoms with E-state index in [9.17, 15) is 0 Å². The van der Waals surface area contributed by atoms with E-state index in [2.05, 4.69) is 27.7 Å². The molecule has 0 amide bonds. The molecule has 90 valence electrons. The Labute approximate surface area is 96.8 Å². The van der Waals surface area contributed by atoms with Crippen molar-refractivity contribution in [3.05, 3.63) is 0 Å². The van der Waals surface area contributed by atoms with Crippen molar-refractivity contribution >= 4 is 0 Å². The van der Waals surface area contributed by atoms with Crippen molar-refractivity contribution in [2.45, 2.75) is 72.6 Å². The maximum Gasteiger partial charge on any atom is -0.0363 e. The van der Waals surface area contributed by atoms with Crippen LogP contribution in [0.2, 0.25) is 0 Å². The molecule has 0 heteroatoms. The molecule has 0 N–H and O–H groups in total. The summed E-state index contributed by atoms with van der Waals surface area (Å²) in [6.07, 6.45) is 10.3. The standard InChI is InChI=1S/C15H30/c1-5-13(4)11-14-9-7-6-8-10-15(14)12(2)3/h12-15H,5-11H2,1-4H3. The van der Waals surface area contributed by atoms with E-state index in [1.54, 1.807) is 0 Å². The van der Waals surface area contributed by atoms with E-state index < -0.39 is 0 Å². The molecule has 1 saturated carbocycles. The van der Waals surface area contributed by atoms with E-state index in [-0.39, 0.29) is 0 Å². The Bertz CT molecular complexity index is 159. The van der Waals surface area contributed by atoms with E-state index in [0.717, 1.165) is 23.7 Å². The molecule has 1 fully saturated rings. The molecular weight excluding hydrogens is 180 g/mol. The molecule has 0 spiro atoms. The molecule has 0 aromatic carbocycles. The van der Waals surface area contributed by atoms with Gasteiger partial charge in [-0.25, -0.2) is 0 Å². The minimum Gasteiger partial charge on any atom is -0.0651 e.